The predicted octanol–water partition coefficient (Wildman–Crippen LogP) is 3.16. The maximum Gasteiger partial charge on any atom is 0.237 e. The van der Waals surface area contributed by atoms with Gasteiger partial charge in [-0.05, 0) is 61.6 Å². The molecule has 6 heteroatoms. The van der Waals surface area contributed by atoms with Crippen LogP contribution in [-0.2, 0) is 4.79 Å². The molecule has 130 valence electrons. The van der Waals surface area contributed by atoms with E-state index >= 15 is 0 Å². The lowest BCUT2D eigenvalue weighted by Crippen LogP contribution is -2.43. The number of hydrogen-bond acceptors (Lipinski definition) is 4. The number of aromatic nitrogens is 2. The van der Waals surface area contributed by atoms with Gasteiger partial charge in [0.2, 0.25) is 5.91 Å². The number of likely N-dealkylation sites (tertiary alicyclic amines) is 1. The fraction of sp³-hybridized carbons (Fsp3) is 0.556. The smallest absolute Gasteiger partial charge is 0.237 e. The van der Waals surface area contributed by atoms with Gasteiger partial charge < -0.3 is 10.2 Å². The predicted molar refractivity (Wildman–Crippen MR) is 97.1 cm³/mol. The molecule has 3 rings (SSSR count). The van der Waals surface area contributed by atoms with E-state index < -0.39 is 0 Å². The molecule has 2 aromatic rings. The zero-order chi connectivity index (χ0) is 17.1. The van der Waals surface area contributed by atoms with Gasteiger partial charge in [-0.15, -0.1) is 0 Å². The van der Waals surface area contributed by atoms with Crippen LogP contribution in [0.25, 0.3) is 0 Å². The highest BCUT2D eigenvalue weighted by molar-refractivity contribution is 7.07. The third kappa shape index (κ3) is 3.70. The van der Waals surface area contributed by atoms with E-state index in [9.17, 15) is 4.79 Å². The van der Waals surface area contributed by atoms with Gasteiger partial charge in [0, 0.05) is 18.8 Å². The number of carbonyl (C=O) groups is 1. The van der Waals surface area contributed by atoms with E-state index in [1.54, 1.807) is 11.3 Å². The minimum absolute atomic E-state index is 0.176. The zero-order valence-electron chi connectivity index (χ0n) is 14.6. The number of nitrogens with one attached hydrogen (secondary N) is 1. The molecule has 0 spiro atoms. The van der Waals surface area contributed by atoms with E-state index in [0.29, 0.717) is 6.54 Å². The topological polar surface area (TPSA) is 50.2 Å². The molecule has 0 radical (unpaired) electrons. The number of amides is 1. The second kappa shape index (κ2) is 7.49. The SMILES string of the molecule is Cc1cnn(C(C)C(C)NCC(=O)N2CCCC2c2ccsc2)c1. The largest absolute Gasteiger partial charge is 0.335 e. The van der Waals surface area contributed by atoms with E-state index in [1.807, 2.05) is 28.9 Å². The summed E-state index contributed by atoms with van der Waals surface area (Å²) in [5, 5.41) is 12.0. The van der Waals surface area contributed by atoms with E-state index in [2.05, 4.69) is 41.1 Å². The van der Waals surface area contributed by atoms with Gasteiger partial charge in [0.25, 0.3) is 0 Å². The summed E-state index contributed by atoms with van der Waals surface area (Å²) in [4.78, 5) is 14.7. The standard InChI is InChI=1S/C18H26N4OS/c1-13-9-20-22(11-13)15(3)14(2)19-10-18(23)21-7-4-5-17(21)16-6-8-24-12-16/h6,8-9,11-12,14-15,17,19H,4-5,7,10H2,1-3H3. The Morgan fingerprint density at radius 2 is 2.33 bits per heavy atom. The summed E-state index contributed by atoms with van der Waals surface area (Å²) in [5.41, 5.74) is 2.43. The molecule has 1 saturated heterocycles. The van der Waals surface area contributed by atoms with E-state index in [4.69, 9.17) is 0 Å². The average molecular weight is 346 g/mol. The summed E-state index contributed by atoms with van der Waals surface area (Å²) in [6.45, 7) is 7.51. The highest BCUT2D eigenvalue weighted by Gasteiger charge is 2.30. The molecule has 2 aromatic heterocycles. The monoisotopic (exact) mass is 346 g/mol. The zero-order valence-corrected chi connectivity index (χ0v) is 15.4. The molecular formula is C18H26N4OS. The van der Waals surface area contributed by atoms with Crippen molar-refractivity contribution in [3.63, 3.8) is 0 Å². The van der Waals surface area contributed by atoms with Gasteiger partial charge in [0.15, 0.2) is 0 Å². The first-order valence-corrected chi connectivity index (χ1v) is 9.56. The summed E-state index contributed by atoms with van der Waals surface area (Å²) < 4.78 is 1.96. The number of carbonyl (C=O) groups excluding carboxylic acids is 1. The van der Waals surface area contributed by atoms with E-state index in [1.165, 1.54) is 5.56 Å². The Morgan fingerprint density at radius 3 is 3.00 bits per heavy atom. The normalized spacial score (nSPS) is 20.3. The van der Waals surface area contributed by atoms with Crippen molar-refractivity contribution in [2.45, 2.75) is 51.7 Å². The Morgan fingerprint density at radius 1 is 1.50 bits per heavy atom. The van der Waals surface area contributed by atoms with Gasteiger partial charge in [-0.3, -0.25) is 9.48 Å². The molecule has 1 N–H and O–H groups in total. The molecular weight excluding hydrogens is 320 g/mol. The molecule has 1 aliphatic rings. The van der Waals surface area contributed by atoms with Gasteiger partial charge in [-0.1, -0.05) is 0 Å². The molecule has 3 atom stereocenters. The summed E-state index contributed by atoms with van der Waals surface area (Å²) in [5.74, 6) is 0.194. The van der Waals surface area contributed by atoms with Crippen LogP contribution in [-0.4, -0.2) is 39.7 Å². The maximum absolute atomic E-state index is 12.7. The van der Waals surface area contributed by atoms with Gasteiger partial charge in [0.05, 0.1) is 24.8 Å². The highest BCUT2D eigenvalue weighted by Crippen LogP contribution is 2.32. The lowest BCUT2D eigenvalue weighted by atomic mass is 10.1. The van der Waals surface area contributed by atoms with Crippen molar-refractivity contribution in [2.24, 2.45) is 0 Å². The van der Waals surface area contributed by atoms with Gasteiger partial charge in [0.1, 0.15) is 0 Å². The summed E-state index contributed by atoms with van der Waals surface area (Å²) in [6.07, 6.45) is 6.06. The van der Waals surface area contributed by atoms with Crippen LogP contribution in [0, 0.1) is 6.92 Å². The Hall–Kier alpha value is -1.66. The number of hydrogen-bond donors (Lipinski definition) is 1. The van der Waals surface area contributed by atoms with Crippen molar-refractivity contribution in [3.05, 3.63) is 40.3 Å². The van der Waals surface area contributed by atoms with Crippen molar-refractivity contribution in [2.75, 3.05) is 13.1 Å². The van der Waals surface area contributed by atoms with Crippen LogP contribution in [0.3, 0.4) is 0 Å². The van der Waals surface area contributed by atoms with E-state index in [0.717, 1.165) is 24.9 Å². The first-order chi connectivity index (χ1) is 11.6. The van der Waals surface area contributed by atoms with Gasteiger partial charge >= 0.3 is 0 Å². The third-order valence-corrected chi connectivity index (χ3v) is 5.65. The van der Waals surface area contributed by atoms with Crippen molar-refractivity contribution in [1.29, 1.82) is 0 Å². The fourth-order valence-corrected chi connectivity index (χ4v) is 3.99. The molecule has 5 nitrogen and oxygen atoms in total. The van der Waals surface area contributed by atoms with Crippen LogP contribution < -0.4 is 5.32 Å². The van der Waals surface area contributed by atoms with Gasteiger partial charge in [-0.2, -0.15) is 16.4 Å². The van der Waals surface area contributed by atoms with Crippen LogP contribution in [0.2, 0.25) is 0 Å². The molecule has 3 heterocycles. The first kappa shape index (κ1) is 17.2. The molecule has 1 aliphatic heterocycles. The Bertz CT molecular complexity index is 666. The lowest BCUT2D eigenvalue weighted by molar-refractivity contribution is -0.131. The molecule has 0 bridgehead atoms. The summed E-state index contributed by atoms with van der Waals surface area (Å²) in [6, 6.07) is 2.78. The number of rotatable bonds is 6. The van der Waals surface area contributed by atoms with E-state index in [-0.39, 0.29) is 24.0 Å². The summed E-state index contributed by atoms with van der Waals surface area (Å²) >= 11 is 1.70. The molecule has 24 heavy (non-hydrogen) atoms. The number of aryl methyl sites for hydroxylation is 1. The first-order valence-electron chi connectivity index (χ1n) is 8.62. The van der Waals surface area contributed by atoms with Crippen LogP contribution in [0.5, 0.6) is 0 Å². The Balaban J connectivity index is 1.55. The molecule has 0 aromatic carbocycles. The van der Waals surface area contributed by atoms with Crippen molar-refractivity contribution >= 4 is 17.2 Å². The number of thiophene rings is 1. The molecule has 3 unspecified atom stereocenters. The van der Waals surface area contributed by atoms with Crippen LogP contribution in [0.1, 0.15) is 49.9 Å². The Kier molecular flexibility index (Phi) is 5.36. The Labute approximate surface area is 147 Å². The maximum atomic E-state index is 12.7. The van der Waals surface area contributed by atoms with Crippen LogP contribution in [0.15, 0.2) is 29.2 Å². The fourth-order valence-electron chi connectivity index (χ4n) is 3.28. The molecule has 0 saturated carbocycles. The minimum Gasteiger partial charge on any atom is -0.335 e. The third-order valence-electron chi connectivity index (χ3n) is 4.95. The average Bonchev–Trinajstić information content (AvgIpc) is 3.30. The number of nitrogens with zero attached hydrogens (tertiary/aromatic N) is 3. The van der Waals surface area contributed by atoms with Crippen molar-refractivity contribution < 1.29 is 4.79 Å². The van der Waals surface area contributed by atoms with Crippen LogP contribution in [0.4, 0.5) is 0 Å². The van der Waals surface area contributed by atoms with Gasteiger partial charge in [-0.25, -0.2) is 0 Å². The second-order valence-corrected chi connectivity index (χ2v) is 7.49. The van der Waals surface area contributed by atoms with Crippen molar-refractivity contribution in [3.8, 4) is 0 Å². The second-order valence-electron chi connectivity index (χ2n) is 6.71. The molecule has 0 aliphatic carbocycles. The molecule has 1 fully saturated rings. The van der Waals surface area contributed by atoms with Crippen molar-refractivity contribution in [1.82, 2.24) is 20.0 Å². The quantitative estimate of drug-likeness (QED) is 0.874. The lowest BCUT2D eigenvalue weighted by Gasteiger charge is -2.27. The molecule has 1 amide bonds. The highest BCUT2D eigenvalue weighted by atomic mass is 32.1. The summed E-state index contributed by atoms with van der Waals surface area (Å²) in [7, 11) is 0. The minimum atomic E-state index is 0.176. The van der Waals surface area contributed by atoms with Crippen LogP contribution >= 0.6 is 11.3 Å².